The van der Waals surface area contributed by atoms with Crippen LogP contribution in [-0.2, 0) is 17.6 Å². The zero-order valence-corrected chi connectivity index (χ0v) is 11.3. The number of aromatic nitrogens is 2. The van der Waals surface area contributed by atoms with Crippen LogP contribution in [0.5, 0.6) is 0 Å². The Balaban J connectivity index is 1.73. The molecular weight excluding hydrogens is 278 g/mol. The number of nitrogens with one attached hydrogen (secondary N) is 1. The highest BCUT2D eigenvalue weighted by Crippen LogP contribution is 2.14. The van der Waals surface area contributed by atoms with Gasteiger partial charge in [0.15, 0.2) is 5.78 Å². The van der Waals surface area contributed by atoms with E-state index in [-0.39, 0.29) is 18.2 Å². The number of benzene rings is 1. The molecule has 2 aromatic rings. The molecule has 0 unspecified atom stereocenters. The van der Waals surface area contributed by atoms with Gasteiger partial charge in [-0.2, -0.15) is 0 Å². The van der Waals surface area contributed by atoms with Crippen LogP contribution in [0.15, 0.2) is 36.8 Å². The molecule has 6 heteroatoms. The van der Waals surface area contributed by atoms with E-state index in [9.17, 15) is 9.59 Å². The summed E-state index contributed by atoms with van der Waals surface area (Å²) >= 11 is 5.81. The van der Waals surface area contributed by atoms with Crippen LogP contribution in [0.4, 0.5) is 4.79 Å². The Morgan fingerprint density at radius 1 is 1.40 bits per heavy atom. The molecule has 0 aliphatic carbocycles. The first-order valence-electron chi connectivity index (χ1n) is 6.23. The lowest BCUT2D eigenvalue weighted by molar-refractivity contribution is -0.120. The fraction of sp³-hybridized carbons (Fsp3) is 0.214. The van der Waals surface area contributed by atoms with E-state index in [4.69, 9.17) is 11.6 Å². The molecular formula is C14H12ClN3O2. The number of fused-ring (bicyclic) bond motifs is 1. The summed E-state index contributed by atoms with van der Waals surface area (Å²) in [5, 5.41) is 3.33. The molecule has 0 saturated heterocycles. The smallest absolute Gasteiger partial charge is 0.327 e. The van der Waals surface area contributed by atoms with E-state index in [0.717, 1.165) is 11.3 Å². The number of hydrogen-bond acceptors (Lipinski definition) is 3. The minimum Gasteiger partial charge on any atom is -0.327 e. The number of carbonyl (C=O) groups excluding carboxylic acids is 2. The standard InChI is InChI=1S/C14H12ClN3O2/c15-10-3-1-9(2-4-10)5-13(19)12-6-11-7-16-8-18(11)14(20)17-12/h1-4,7-8,12H,5-6H2,(H,17,20)/t12-/m0/s1. The molecule has 1 N–H and O–H groups in total. The molecule has 2 heterocycles. The summed E-state index contributed by atoms with van der Waals surface area (Å²) in [6, 6.07) is 6.32. The predicted octanol–water partition coefficient (Wildman–Crippen LogP) is 1.83. The van der Waals surface area contributed by atoms with Gasteiger partial charge in [-0.15, -0.1) is 0 Å². The summed E-state index contributed by atoms with van der Waals surface area (Å²) in [6.07, 6.45) is 3.81. The second-order valence-electron chi connectivity index (χ2n) is 4.73. The molecule has 1 aromatic carbocycles. The maximum absolute atomic E-state index is 12.3. The largest absolute Gasteiger partial charge is 0.327 e. The summed E-state index contributed by atoms with van der Waals surface area (Å²) in [4.78, 5) is 28.0. The van der Waals surface area contributed by atoms with Crippen LogP contribution in [0.2, 0.25) is 5.02 Å². The second kappa shape index (κ2) is 5.09. The van der Waals surface area contributed by atoms with E-state index in [1.54, 1.807) is 18.3 Å². The third-order valence-electron chi connectivity index (χ3n) is 3.33. The van der Waals surface area contributed by atoms with Crippen molar-refractivity contribution >= 4 is 23.4 Å². The molecule has 5 nitrogen and oxygen atoms in total. The molecule has 1 aliphatic rings. The van der Waals surface area contributed by atoms with Gasteiger partial charge in [0.2, 0.25) is 0 Å². The first-order chi connectivity index (χ1) is 9.63. The molecule has 0 spiro atoms. The highest BCUT2D eigenvalue weighted by molar-refractivity contribution is 6.30. The molecule has 1 aromatic heterocycles. The van der Waals surface area contributed by atoms with Crippen molar-refractivity contribution in [3.8, 4) is 0 Å². The van der Waals surface area contributed by atoms with Crippen molar-refractivity contribution in [1.82, 2.24) is 14.9 Å². The van der Waals surface area contributed by atoms with Crippen molar-refractivity contribution in [1.29, 1.82) is 0 Å². The van der Waals surface area contributed by atoms with Crippen molar-refractivity contribution in [3.05, 3.63) is 53.1 Å². The topological polar surface area (TPSA) is 64.0 Å². The fourth-order valence-corrected chi connectivity index (χ4v) is 2.38. The zero-order valence-electron chi connectivity index (χ0n) is 10.5. The number of amides is 1. The van der Waals surface area contributed by atoms with E-state index < -0.39 is 6.04 Å². The van der Waals surface area contributed by atoms with Crippen LogP contribution in [0.1, 0.15) is 11.3 Å². The van der Waals surface area contributed by atoms with Crippen LogP contribution in [0.3, 0.4) is 0 Å². The molecule has 0 saturated carbocycles. The second-order valence-corrected chi connectivity index (χ2v) is 5.17. The molecule has 3 rings (SSSR count). The number of ketones is 1. The molecule has 102 valence electrons. The van der Waals surface area contributed by atoms with Crippen molar-refractivity contribution in [3.63, 3.8) is 0 Å². The Hall–Kier alpha value is -2.14. The van der Waals surface area contributed by atoms with E-state index >= 15 is 0 Å². The Labute approximate surface area is 120 Å². The predicted molar refractivity (Wildman–Crippen MR) is 73.8 cm³/mol. The lowest BCUT2D eigenvalue weighted by Gasteiger charge is -2.23. The van der Waals surface area contributed by atoms with Gasteiger partial charge >= 0.3 is 6.03 Å². The number of rotatable bonds is 3. The van der Waals surface area contributed by atoms with Crippen molar-refractivity contribution in [2.45, 2.75) is 18.9 Å². The van der Waals surface area contributed by atoms with Crippen molar-refractivity contribution in [2.75, 3.05) is 0 Å². The molecule has 1 aliphatic heterocycles. The van der Waals surface area contributed by atoms with E-state index in [2.05, 4.69) is 10.3 Å². The number of nitrogens with zero attached hydrogens (tertiary/aromatic N) is 2. The minimum atomic E-state index is -0.498. The fourth-order valence-electron chi connectivity index (χ4n) is 2.26. The molecule has 0 radical (unpaired) electrons. The van der Waals surface area contributed by atoms with Crippen LogP contribution >= 0.6 is 11.6 Å². The van der Waals surface area contributed by atoms with Gasteiger partial charge in [0.25, 0.3) is 0 Å². The number of carbonyl (C=O) groups is 2. The van der Waals surface area contributed by atoms with Crippen LogP contribution in [-0.4, -0.2) is 27.4 Å². The van der Waals surface area contributed by atoms with Gasteiger partial charge in [-0.1, -0.05) is 23.7 Å². The van der Waals surface area contributed by atoms with Gasteiger partial charge in [-0.25, -0.2) is 9.78 Å². The summed E-state index contributed by atoms with van der Waals surface area (Å²) in [5.74, 6) is -0.0203. The number of Topliss-reactive ketones (excluding diaryl/α,β-unsaturated/α-hetero) is 1. The summed E-state index contributed by atoms with van der Waals surface area (Å²) in [5.41, 5.74) is 1.64. The van der Waals surface area contributed by atoms with E-state index in [0.29, 0.717) is 11.4 Å². The first kappa shape index (κ1) is 12.9. The van der Waals surface area contributed by atoms with Gasteiger partial charge in [0.05, 0.1) is 6.04 Å². The van der Waals surface area contributed by atoms with Gasteiger partial charge in [0, 0.05) is 29.8 Å². The summed E-state index contributed by atoms with van der Waals surface area (Å²) < 4.78 is 1.42. The average Bonchev–Trinajstić information content (AvgIpc) is 2.90. The number of hydrogen-bond donors (Lipinski definition) is 1. The Morgan fingerprint density at radius 2 is 2.15 bits per heavy atom. The SMILES string of the molecule is O=C(Cc1ccc(Cl)cc1)[C@@H]1Cc2cncn2C(=O)N1. The molecule has 0 bridgehead atoms. The number of imidazole rings is 1. The molecule has 0 fully saturated rings. The third-order valence-corrected chi connectivity index (χ3v) is 3.58. The highest BCUT2D eigenvalue weighted by Gasteiger charge is 2.28. The minimum absolute atomic E-state index is 0.0203. The Kier molecular flexibility index (Phi) is 3.28. The van der Waals surface area contributed by atoms with Crippen molar-refractivity contribution < 1.29 is 9.59 Å². The van der Waals surface area contributed by atoms with E-state index in [1.165, 1.54) is 10.9 Å². The maximum atomic E-state index is 12.3. The third kappa shape index (κ3) is 2.44. The van der Waals surface area contributed by atoms with Crippen LogP contribution < -0.4 is 5.32 Å². The molecule has 1 atom stereocenters. The highest BCUT2D eigenvalue weighted by atomic mass is 35.5. The van der Waals surface area contributed by atoms with Gasteiger partial charge in [0.1, 0.15) is 6.33 Å². The van der Waals surface area contributed by atoms with Crippen LogP contribution in [0.25, 0.3) is 0 Å². The van der Waals surface area contributed by atoms with Gasteiger partial charge < -0.3 is 5.32 Å². The maximum Gasteiger partial charge on any atom is 0.327 e. The van der Waals surface area contributed by atoms with Gasteiger partial charge in [-0.3, -0.25) is 9.36 Å². The van der Waals surface area contributed by atoms with E-state index in [1.807, 2.05) is 12.1 Å². The Bertz CT molecular complexity index is 663. The average molecular weight is 290 g/mol. The zero-order chi connectivity index (χ0) is 14.1. The lowest BCUT2D eigenvalue weighted by atomic mass is 9.99. The quantitative estimate of drug-likeness (QED) is 0.937. The molecule has 1 amide bonds. The van der Waals surface area contributed by atoms with Crippen molar-refractivity contribution in [2.24, 2.45) is 0 Å². The lowest BCUT2D eigenvalue weighted by Crippen LogP contribution is -2.49. The molecule has 20 heavy (non-hydrogen) atoms. The van der Waals surface area contributed by atoms with Crippen LogP contribution in [0, 0.1) is 0 Å². The summed E-state index contributed by atoms with van der Waals surface area (Å²) in [6.45, 7) is 0. The summed E-state index contributed by atoms with van der Waals surface area (Å²) in [7, 11) is 0. The monoisotopic (exact) mass is 289 g/mol. The normalized spacial score (nSPS) is 17.4. The van der Waals surface area contributed by atoms with Gasteiger partial charge in [-0.05, 0) is 17.7 Å². The number of halogens is 1. The Morgan fingerprint density at radius 3 is 2.90 bits per heavy atom. The first-order valence-corrected chi connectivity index (χ1v) is 6.60.